The fourth-order valence-corrected chi connectivity index (χ4v) is 4.41. The molecule has 0 aliphatic rings. The number of rotatable bonds is 5. The van der Waals surface area contributed by atoms with Crippen molar-refractivity contribution >= 4 is 44.5 Å². The minimum Gasteiger partial charge on any atom is -0.397 e. The van der Waals surface area contributed by atoms with Crippen LogP contribution in [-0.4, -0.2) is 10.9 Å². The Hall–Kier alpha value is -3.18. The smallest absolute Gasteiger partial charge is 0.275 e. The molecule has 4 aromatic rings. The van der Waals surface area contributed by atoms with Gasteiger partial charge in [0, 0.05) is 22.5 Å². The van der Waals surface area contributed by atoms with Crippen LogP contribution in [0, 0.1) is 5.92 Å². The number of hydrogen-bond donors (Lipinski definition) is 1. The van der Waals surface area contributed by atoms with E-state index in [0.717, 1.165) is 33.7 Å². The summed E-state index contributed by atoms with van der Waals surface area (Å²) in [5.41, 5.74) is 9.53. The van der Waals surface area contributed by atoms with Crippen molar-refractivity contribution in [1.29, 1.82) is 0 Å². The molecule has 0 saturated carbocycles. The highest BCUT2D eigenvalue weighted by Crippen LogP contribution is 2.36. The molecule has 2 heterocycles. The molecule has 146 valence electrons. The van der Waals surface area contributed by atoms with Crippen LogP contribution in [-0.2, 0) is 6.42 Å². The summed E-state index contributed by atoms with van der Waals surface area (Å²) >= 11 is 1.36. The first-order chi connectivity index (χ1) is 14.0. The topological polar surface area (TPSA) is 59.2 Å². The zero-order valence-electron chi connectivity index (χ0n) is 16.5. The Morgan fingerprint density at radius 3 is 2.10 bits per heavy atom. The summed E-state index contributed by atoms with van der Waals surface area (Å²) in [5.74, 6) is 0.373. The lowest BCUT2D eigenvalue weighted by Crippen LogP contribution is -2.25. The van der Waals surface area contributed by atoms with Gasteiger partial charge in [-0.05, 0) is 48.7 Å². The van der Waals surface area contributed by atoms with Gasteiger partial charge in [-0.1, -0.05) is 50.2 Å². The van der Waals surface area contributed by atoms with Gasteiger partial charge in [-0.3, -0.25) is 9.69 Å². The van der Waals surface area contributed by atoms with E-state index in [1.165, 1.54) is 11.3 Å². The molecule has 0 radical (unpaired) electrons. The second-order valence-electron chi connectivity index (χ2n) is 7.41. The molecule has 5 heteroatoms. The number of aromatic nitrogens is 1. The fourth-order valence-electron chi connectivity index (χ4n) is 3.37. The van der Waals surface area contributed by atoms with Crippen LogP contribution < -0.4 is 10.6 Å². The Labute approximate surface area is 174 Å². The molecule has 4 nitrogen and oxygen atoms in total. The van der Waals surface area contributed by atoms with E-state index in [1.807, 2.05) is 72.8 Å². The zero-order valence-corrected chi connectivity index (χ0v) is 17.3. The first kappa shape index (κ1) is 19.2. The molecule has 2 aromatic carbocycles. The maximum absolute atomic E-state index is 13.6. The quantitative estimate of drug-likeness (QED) is 0.442. The largest absolute Gasteiger partial charge is 0.397 e. The molecule has 0 saturated heterocycles. The number of nitrogen functional groups attached to an aromatic ring is 1. The number of benzene rings is 2. The number of thiophene rings is 1. The summed E-state index contributed by atoms with van der Waals surface area (Å²) in [7, 11) is 0. The van der Waals surface area contributed by atoms with Crippen LogP contribution in [0.4, 0.5) is 17.1 Å². The number of anilines is 3. The Morgan fingerprint density at radius 1 is 0.966 bits per heavy atom. The van der Waals surface area contributed by atoms with Crippen LogP contribution in [0.1, 0.15) is 29.2 Å². The van der Waals surface area contributed by atoms with Crippen molar-refractivity contribution in [2.24, 2.45) is 5.92 Å². The summed E-state index contributed by atoms with van der Waals surface area (Å²) < 4.78 is 0. The lowest BCUT2D eigenvalue weighted by molar-refractivity contribution is 0.100. The van der Waals surface area contributed by atoms with E-state index >= 15 is 0 Å². The number of hydrogen-bond acceptors (Lipinski definition) is 4. The van der Waals surface area contributed by atoms with Crippen molar-refractivity contribution < 1.29 is 4.79 Å². The van der Waals surface area contributed by atoms with Crippen LogP contribution in [0.15, 0.2) is 72.8 Å². The molecule has 0 aliphatic heterocycles. The molecule has 0 bridgehead atoms. The predicted octanol–water partition coefficient (Wildman–Crippen LogP) is 6.06. The van der Waals surface area contributed by atoms with Crippen molar-refractivity contribution in [1.82, 2.24) is 4.98 Å². The molecule has 29 heavy (non-hydrogen) atoms. The van der Waals surface area contributed by atoms with Crippen LogP contribution in [0.5, 0.6) is 0 Å². The van der Waals surface area contributed by atoms with Crippen molar-refractivity contribution in [2.45, 2.75) is 20.3 Å². The fraction of sp³-hybridized carbons (Fsp3) is 0.167. The summed E-state index contributed by atoms with van der Waals surface area (Å²) in [6.07, 6.45) is 0.900. The third kappa shape index (κ3) is 3.87. The average Bonchev–Trinajstić information content (AvgIpc) is 3.05. The first-order valence-electron chi connectivity index (χ1n) is 9.67. The van der Waals surface area contributed by atoms with Crippen molar-refractivity contribution in [3.05, 3.63) is 83.4 Å². The van der Waals surface area contributed by atoms with E-state index in [2.05, 4.69) is 13.8 Å². The molecule has 0 fully saturated rings. The van der Waals surface area contributed by atoms with Gasteiger partial charge in [0.2, 0.25) is 0 Å². The van der Waals surface area contributed by atoms with Gasteiger partial charge in [-0.25, -0.2) is 4.98 Å². The molecule has 4 rings (SSSR count). The molecule has 0 aliphatic carbocycles. The number of nitrogens with zero attached hydrogens (tertiary/aromatic N) is 2. The number of para-hydroxylation sites is 2. The number of amides is 1. The Kier molecular flexibility index (Phi) is 5.32. The average molecular weight is 402 g/mol. The van der Waals surface area contributed by atoms with Gasteiger partial charge < -0.3 is 5.73 Å². The number of carbonyl (C=O) groups excluding carboxylic acids is 1. The molecule has 2 N–H and O–H groups in total. The Bertz CT molecular complexity index is 1100. The lowest BCUT2D eigenvalue weighted by Gasteiger charge is -2.22. The molecule has 0 spiro atoms. The normalized spacial score (nSPS) is 11.1. The SMILES string of the molecule is CC(C)Cc1ccc2c(N)c(C(=O)N(c3ccccc3)c3ccccc3)sc2n1. The molecular formula is C24H23N3OS. The van der Waals surface area contributed by atoms with Crippen molar-refractivity contribution in [3.63, 3.8) is 0 Å². The third-order valence-corrected chi connectivity index (χ3v) is 5.80. The van der Waals surface area contributed by atoms with Crippen molar-refractivity contribution in [3.8, 4) is 0 Å². The standard InChI is InChI=1S/C24H23N3OS/c1-16(2)15-17-13-14-20-21(25)22(29-23(20)26-17)24(28)27(18-9-5-3-6-10-18)19-11-7-4-8-12-19/h3-14,16H,15,25H2,1-2H3. The second kappa shape index (κ2) is 8.05. The summed E-state index contributed by atoms with van der Waals surface area (Å²) in [5, 5.41) is 0.840. The summed E-state index contributed by atoms with van der Waals surface area (Å²) in [6, 6.07) is 23.3. The van der Waals surface area contributed by atoms with Gasteiger partial charge >= 0.3 is 0 Å². The zero-order chi connectivity index (χ0) is 20.4. The second-order valence-corrected chi connectivity index (χ2v) is 8.41. The molecule has 1 amide bonds. The van der Waals surface area contributed by atoms with E-state index in [1.54, 1.807) is 4.90 Å². The van der Waals surface area contributed by atoms with Gasteiger partial charge in [0.05, 0.1) is 5.69 Å². The van der Waals surface area contributed by atoms with E-state index < -0.39 is 0 Å². The maximum atomic E-state index is 13.6. The van der Waals surface area contributed by atoms with Gasteiger partial charge in [-0.2, -0.15) is 0 Å². The number of nitrogens with two attached hydrogens (primary N) is 1. The molecule has 0 atom stereocenters. The maximum Gasteiger partial charge on any atom is 0.275 e. The highest BCUT2D eigenvalue weighted by atomic mass is 32.1. The number of fused-ring (bicyclic) bond motifs is 1. The summed E-state index contributed by atoms with van der Waals surface area (Å²) in [6.45, 7) is 4.34. The van der Waals surface area contributed by atoms with Gasteiger partial charge in [0.15, 0.2) is 0 Å². The minimum atomic E-state index is -0.145. The van der Waals surface area contributed by atoms with Gasteiger partial charge in [0.25, 0.3) is 5.91 Å². The van der Waals surface area contributed by atoms with Crippen LogP contribution in [0.2, 0.25) is 0 Å². The molecule has 2 aromatic heterocycles. The monoisotopic (exact) mass is 401 g/mol. The Morgan fingerprint density at radius 2 is 1.55 bits per heavy atom. The van der Waals surface area contributed by atoms with E-state index in [4.69, 9.17) is 10.7 Å². The highest BCUT2D eigenvalue weighted by molar-refractivity contribution is 7.21. The number of pyridine rings is 1. The van der Waals surface area contributed by atoms with E-state index in [0.29, 0.717) is 16.5 Å². The van der Waals surface area contributed by atoms with E-state index in [-0.39, 0.29) is 5.91 Å². The Balaban J connectivity index is 1.80. The number of carbonyl (C=O) groups is 1. The minimum absolute atomic E-state index is 0.145. The third-order valence-electron chi connectivity index (χ3n) is 4.69. The highest BCUT2D eigenvalue weighted by Gasteiger charge is 2.25. The van der Waals surface area contributed by atoms with Crippen LogP contribution >= 0.6 is 11.3 Å². The first-order valence-corrected chi connectivity index (χ1v) is 10.5. The van der Waals surface area contributed by atoms with Gasteiger partial charge in [0.1, 0.15) is 9.71 Å². The van der Waals surface area contributed by atoms with Gasteiger partial charge in [-0.15, -0.1) is 11.3 Å². The van der Waals surface area contributed by atoms with Crippen LogP contribution in [0.3, 0.4) is 0 Å². The van der Waals surface area contributed by atoms with E-state index in [9.17, 15) is 4.79 Å². The van der Waals surface area contributed by atoms with Crippen LogP contribution in [0.25, 0.3) is 10.2 Å². The summed E-state index contributed by atoms with van der Waals surface area (Å²) in [4.78, 5) is 21.4. The van der Waals surface area contributed by atoms with Crippen molar-refractivity contribution in [2.75, 3.05) is 10.6 Å². The predicted molar refractivity (Wildman–Crippen MR) is 122 cm³/mol. The molecular weight excluding hydrogens is 378 g/mol. The molecule has 0 unspecified atom stereocenters. The lowest BCUT2D eigenvalue weighted by atomic mass is 10.1.